The number of furan rings is 1. The van der Waals surface area contributed by atoms with Gasteiger partial charge in [-0.25, -0.2) is 0 Å². The third-order valence-electron chi connectivity index (χ3n) is 11.5. The van der Waals surface area contributed by atoms with Gasteiger partial charge in [-0.1, -0.05) is 194 Å². The molecule has 0 aliphatic carbocycles. The summed E-state index contributed by atoms with van der Waals surface area (Å²) in [5.41, 5.74) is 14.1. The van der Waals surface area contributed by atoms with E-state index < -0.39 is 0 Å². The first-order valence-electron chi connectivity index (χ1n) is 19.8. The van der Waals surface area contributed by atoms with Crippen LogP contribution in [0.25, 0.3) is 88.0 Å². The van der Waals surface area contributed by atoms with Crippen LogP contribution in [0.3, 0.4) is 0 Å². The van der Waals surface area contributed by atoms with Crippen molar-refractivity contribution in [1.29, 1.82) is 0 Å². The minimum absolute atomic E-state index is 0.858. The molecular formula is C56H37NO. The number of nitrogens with zero attached hydrogens (tertiary/aromatic N) is 1. The highest BCUT2D eigenvalue weighted by atomic mass is 16.3. The predicted octanol–water partition coefficient (Wildman–Crippen LogP) is 16.0. The van der Waals surface area contributed by atoms with E-state index in [9.17, 15) is 0 Å². The van der Waals surface area contributed by atoms with Crippen molar-refractivity contribution >= 4 is 60.5 Å². The number of rotatable bonds is 7. The lowest BCUT2D eigenvalue weighted by Gasteiger charge is -2.31. The standard InChI is InChI=1S/C56H37NO/c1-4-15-38(16-5-1)39-27-29-43(30-28-39)49-35-36-52(54-50-23-12-13-26-53(50)58-56(49)54)57(45-34-33-44-32-31-42-21-10-11-22-46(42)51(44)37-45)55-47(40-17-6-2-7-18-40)24-14-25-48(55)41-19-8-3-9-20-41/h1-37H. The van der Waals surface area contributed by atoms with Crippen LogP contribution in [-0.2, 0) is 0 Å². The highest BCUT2D eigenvalue weighted by Gasteiger charge is 2.27. The quantitative estimate of drug-likeness (QED) is 0.151. The maximum Gasteiger partial charge on any atom is 0.145 e. The lowest BCUT2D eigenvalue weighted by molar-refractivity contribution is 0.670. The molecule has 0 aliphatic rings. The predicted molar refractivity (Wildman–Crippen MR) is 245 cm³/mol. The van der Waals surface area contributed by atoms with Crippen molar-refractivity contribution in [3.8, 4) is 44.5 Å². The molecule has 0 aliphatic heterocycles. The van der Waals surface area contributed by atoms with Gasteiger partial charge in [-0.05, 0) is 79.7 Å². The van der Waals surface area contributed by atoms with Crippen LogP contribution >= 0.6 is 0 Å². The summed E-state index contributed by atoms with van der Waals surface area (Å²) in [6.07, 6.45) is 0. The average Bonchev–Trinajstić information content (AvgIpc) is 3.70. The molecule has 11 rings (SSSR count). The van der Waals surface area contributed by atoms with Gasteiger partial charge in [-0.15, -0.1) is 0 Å². The van der Waals surface area contributed by atoms with E-state index in [1.807, 2.05) is 0 Å². The molecule has 0 radical (unpaired) electrons. The molecule has 10 aromatic carbocycles. The van der Waals surface area contributed by atoms with E-state index in [0.717, 1.165) is 72.4 Å². The van der Waals surface area contributed by atoms with Crippen molar-refractivity contribution in [2.75, 3.05) is 4.90 Å². The fourth-order valence-corrected chi connectivity index (χ4v) is 8.70. The van der Waals surface area contributed by atoms with E-state index in [2.05, 4.69) is 229 Å². The van der Waals surface area contributed by atoms with E-state index >= 15 is 0 Å². The second-order valence-corrected chi connectivity index (χ2v) is 14.8. The van der Waals surface area contributed by atoms with Gasteiger partial charge in [0.2, 0.25) is 0 Å². The summed E-state index contributed by atoms with van der Waals surface area (Å²) in [7, 11) is 0. The van der Waals surface area contributed by atoms with Gasteiger partial charge in [0.05, 0.1) is 16.8 Å². The molecule has 272 valence electrons. The molecule has 1 heterocycles. The van der Waals surface area contributed by atoms with Gasteiger partial charge in [-0.2, -0.15) is 0 Å². The minimum atomic E-state index is 0.858. The molecule has 0 spiro atoms. The number of hydrogen-bond donors (Lipinski definition) is 0. The number of hydrogen-bond acceptors (Lipinski definition) is 2. The van der Waals surface area contributed by atoms with Crippen molar-refractivity contribution < 1.29 is 4.42 Å². The van der Waals surface area contributed by atoms with Crippen LogP contribution < -0.4 is 4.90 Å². The lowest BCUT2D eigenvalue weighted by atomic mass is 9.93. The van der Waals surface area contributed by atoms with Crippen LogP contribution in [0.15, 0.2) is 229 Å². The van der Waals surface area contributed by atoms with Gasteiger partial charge < -0.3 is 9.32 Å². The van der Waals surface area contributed by atoms with Crippen LogP contribution in [0, 0.1) is 0 Å². The Labute approximate surface area is 337 Å². The summed E-state index contributed by atoms with van der Waals surface area (Å²) in [6.45, 7) is 0. The van der Waals surface area contributed by atoms with Gasteiger partial charge in [0.25, 0.3) is 0 Å². The maximum atomic E-state index is 6.95. The highest BCUT2D eigenvalue weighted by Crippen LogP contribution is 2.51. The van der Waals surface area contributed by atoms with Gasteiger partial charge in [0.15, 0.2) is 0 Å². The zero-order valence-electron chi connectivity index (χ0n) is 31.7. The number of benzene rings is 10. The molecule has 1 aromatic heterocycles. The maximum absolute atomic E-state index is 6.95. The average molecular weight is 740 g/mol. The fraction of sp³-hybridized carbons (Fsp3) is 0. The molecule has 0 atom stereocenters. The molecule has 0 unspecified atom stereocenters. The van der Waals surface area contributed by atoms with E-state index in [1.54, 1.807) is 0 Å². The van der Waals surface area contributed by atoms with E-state index in [1.165, 1.54) is 32.7 Å². The lowest BCUT2D eigenvalue weighted by Crippen LogP contribution is -2.13. The normalized spacial score (nSPS) is 11.4. The first-order valence-corrected chi connectivity index (χ1v) is 19.8. The summed E-state index contributed by atoms with van der Waals surface area (Å²) in [4.78, 5) is 2.48. The molecule has 0 N–H and O–H groups in total. The smallest absolute Gasteiger partial charge is 0.145 e. The Morgan fingerprint density at radius 1 is 0.328 bits per heavy atom. The Morgan fingerprint density at radius 2 is 0.845 bits per heavy atom. The second-order valence-electron chi connectivity index (χ2n) is 14.8. The Kier molecular flexibility index (Phi) is 8.19. The van der Waals surface area contributed by atoms with Gasteiger partial charge in [-0.3, -0.25) is 0 Å². The number of fused-ring (bicyclic) bond motifs is 6. The van der Waals surface area contributed by atoms with Crippen LogP contribution in [0.5, 0.6) is 0 Å². The van der Waals surface area contributed by atoms with Gasteiger partial charge in [0.1, 0.15) is 11.2 Å². The molecular weight excluding hydrogens is 703 g/mol. The molecule has 11 aromatic rings. The van der Waals surface area contributed by atoms with E-state index in [4.69, 9.17) is 4.42 Å². The molecule has 0 saturated heterocycles. The zero-order valence-corrected chi connectivity index (χ0v) is 31.7. The summed E-state index contributed by atoms with van der Waals surface area (Å²) in [6, 6.07) is 80.7. The van der Waals surface area contributed by atoms with E-state index in [0.29, 0.717) is 0 Å². The van der Waals surface area contributed by atoms with Crippen molar-refractivity contribution in [3.63, 3.8) is 0 Å². The Bertz CT molecular complexity index is 3200. The molecule has 2 heteroatoms. The second kappa shape index (κ2) is 14.1. The van der Waals surface area contributed by atoms with Crippen LogP contribution in [0.1, 0.15) is 0 Å². The molecule has 0 saturated carbocycles. The fourth-order valence-electron chi connectivity index (χ4n) is 8.70. The number of anilines is 3. The van der Waals surface area contributed by atoms with Crippen molar-refractivity contribution in [1.82, 2.24) is 0 Å². The van der Waals surface area contributed by atoms with Gasteiger partial charge in [0, 0.05) is 27.8 Å². The summed E-state index contributed by atoms with van der Waals surface area (Å²) < 4.78 is 6.95. The number of para-hydroxylation sites is 2. The Hall–Kier alpha value is -7.68. The van der Waals surface area contributed by atoms with Crippen molar-refractivity contribution in [2.24, 2.45) is 0 Å². The molecule has 0 bridgehead atoms. The molecule has 58 heavy (non-hydrogen) atoms. The summed E-state index contributed by atoms with van der Waals surface area (Å²) in [5.74, 6) is 0. The molecule has 0 fully saturated rings. The third kappa shape index (κ3) is 5.74. The molecule has 2 nitrogen and oxygen atoms in total. The van der Waals surface area contributed by atoms with Crippen molar-refractivity contribution in [2.45, 2.75) is 0 Å². The largest absolute Gasteiger partial charge is 0.455 e. The SMILES string of the molecule is c1ccc(-c2ccc(-c3ccc(N(c4ccc5ccc6ccccc6c5c4)c4c(-c5ccccc5)cccc4-c4ccccc4)c4c3oc3ccccc34)cc2)cc1. The Morgan fingerprint density at radius 3 is 1.53 bits per heavy atom. The first kappa shape index (κ1) is 33.6. The highest BCUT2D eigenvalue weighted by molar-refractivity contribution is 6.19. The zero-order chi connectivity index (χ0) is 38.4. The van der Waals surface area contributed by atoms with Crippen LogP contribution in [0.2, 0.25) is 0 Å². The van der Waals surface area contributed by atoms with Crippen molar-refractivity contribution in [3.05, 3.63) is 224 Å². The summed E-state index contributed by atoms with van der Waals surface area (Å²) in [5, 5.41) is 7.01. The monoisotopic (exact) mass is 739 g/mol. The minimum Gasteiger partial charge on any atom is -0.455 e. The van der Waals surface area contributed by atoms with Crippen LogP contribution in [-0.4, -0.2) is 0 Å². The molecule has 0 amide bonds. The Balaban J connectivity index is 1.23. The first-order chi connectivity index (χ1) is 28.8. The van der Waals surface area contributed by atoms with Gasteiger partial charge >= 0.3 is 0 Å². The van der Waals surface area contributed by atoms with Crippen LogP contribution in [0.4, 0.5) is 17.1 Å². The van der Waals surface area contributed by atoms with E-state index in [-0.39, 0.29) is 0 Å². The summed E-state index contributed by atoms with van der Waals surface area (Å²) >= 11 is 0. The topological polar surface area (TPSA) is 16.4 Å². The third-order valence-corrected chi connectivity index (χ3v) is 11.5.